The number of methoxy groups -OCH3 is 1. The standard InChI is InChI=1S/C24H18N2O6/c1-31-20-10-9-14(13-26-22(28)17-7-2-3-8-18(17)23(26)29)11-19(20)24(30)32-16-6-4-5-15(12-16)21(25)27/h2-12H,13H2,1H3,(H2,25,27). The van der Waals surface area contributed by atoms with Gasteiger partial charge in [0.15, 0.2) is 0 Å². The molecule has 160 valence electrons. The van der Waals surface area contributed by atoms with Gasteiger partial charge in [0.1, 0.15) is 17.1 Å². The van der Waals surface area contributed by atoms with Crippen LogP contribution in [0.1, 0.15) is 47.0 Å². The smallest absolute Gasteiger partial charge is 0.347 e. The number of benzene rings is 3. The van der Waals surface area contributed by atoms with Gasteiger partial charge in [0.05, 0.1) is 24.8 Å². The second-order valence-corrected chi connectivity index (χ2v) is 7.06. The lowest BCUT2D eigenvalue weighted by molar-refractivity contribution is 0.0641. The molecule has 8 nitrogen and oxygen atoms in total. The molecule has 0 fully saturated rings. The van der Waals surface area contributed by atoms with Gasteiger partial charge in [0, 0.05) is 5.56 Å². The monoisotopic (exact) mass is 430 g/mol. The van der Waals surface area contributed by atoms with Gasteiger partial charge in [-0.3, -0.25) is 19.3 Å². The summed E-state index contributed by atoms with van der Waals surface area (Å²) >= 11 is 0. The summed E-state index contributed by atoms with van der Waals surface area (Å²) in [5.74, 6) is -1.77. The predicted molar refractivity (Wildman–Crippen MR) is 114 cm³/mol. The number of fused-ring (bicyclic) bond motifs is 1. The van der Waals surface area contributed by atoms with Gasteiger partial charge in [-0.25, -0.2) is 4.79 Å². The highest BCUT2D eigenvalue weighted by Crippen LogP contribution is 2.27. The van der Waals surface area contributed by atoms with Crippen LogP contribution >= 0.6 is 0 Å². The first-order valence-electron chi connectivity index (χ1n) is 9.63. The zero-order chi connectivity index (χ0) is 22.8. The average molecular weight is 430 g/mol. The summed E-state index contributed by atoms with van der Waals surface area (Å²) < 4.78 is 10.6. The Kier molecular flexibility index (Phi) is 5.43. The molecule has 3 aromatic rings. The number of carbonyl (C=O) groups is 4. The number of nitrogens with zero attached hydrogens (tertiary/aromatic N) is 1. The van der Waals surface area contributed by atoms with Crippen LogP contribution in [0.3, 0.4) is 0 Å². The molecule has 1 aliphatic rings. The first kappa shape index (κ1) is 20.8. The van der Waals surface area contributed by atoms with Gasteiger partial charge in [0.2, 0.25) is 5.91 Å². The van der Waals surface area contributed by atoms with E-state index in [0.29, 0.717) is 16.7 Å². The minimum absolute atomic E-state index is 0.0201. The predicted octanol–water partition coefficient (Wildman–Crippen LogP) is 2.81. The molecular formula is C24H18N2O6. The lowest BCUT2D eigenvalue weighted by Crippen LogP contribution is -2.29. The van der Waals surface area contributed by atoms with E-state index >= 15 is 0 Å². The van der Waals surface area contributed by atoms with E-state index < -0.39 is 23.7 Å². The fraction of sp³-hybridized carbons (Fsp3) is 0.0833. The lowest BCUT2D eigenvalue weighted by atomic mass is 10.1. The van der Waals surface area contributed by atoms with E-state index in [1.54, 1.807) is 42.5 Å². The lowest BCUT2D eigenvalue weighted by Gasteiger charge is -2.16. The molecule has 0 radical (unpaired) electrons. The molecule has 0 atom stereocenters. The zero-order valence-corrected chi connectivity index (χ0v) is 17.0. The van der Waals surface area contributed by atoms with Gasteiger partial charge in [-0.05, 0) is 48.0 Å². The van der Waals surface area contributed by atoms with Crippen molar-refractivity contribution in [2.75, 3.05) is 7.11 Å². The van der Waals surface area contributed by atoms with Crippen molar-refractivity contribution in [1.82, 2.24) is 4.90 Å². The number of carbonyl (C=O) groups excluding carboxylic acids is 4. The largest absolute Gasteiger partial charge is 0.496 e. The molecule has 0 saturated heterocycles. The normalized spacial score (nSPS) is 12.5. The highest BCUT2D eigenvalue weighted by Gasteiger charge is 2.35. The summed E-state index contributed by atoms with van der Waals surface area (Å²) in [6.45, 7) is -0.0201. The van der Waals surface area contributed by atoms with E-state index in [4.69, 9.17) is 15.2 Å². The van der Waals surface area contributed by atoms with Gasteiger partial charge in [-0.2, -0.15) is 0 Å². The Balaban J connectivity index is 1.59. The minimum Gasteiger partial charge on any atom is -0.496 e. The van der Waals surface area contributed by atoms with Gasteiger partial charge in [-0.15, -0.1) is 0 Å². The van der Waals surface area contributed by atoms with Crippen molar-refractivity contribution in [2.45, 2.75) is 6.54 Å². The van der Waals surface area contributed by atoms with Crippen molar-refractivity contribution >= 4 is 23.7 Å². The topological polar surface area (TPSA) is 116 Å². The van der Waals surface area contributed by atoms with Crippen molar-refractivity contribution in [2.24, 2.45) is 5.73 Å². The number of amides is 3. The summed E-state index contributed by atoms with van der Waals surface area (Å²) in [6.07, 6.45) is 0. The second kappa shape index (κ2) is 8.35. The van der Waals surface area contributed by atoms with E-state index in [0.717, 1.165) is 4.90 Å². The molecular weight excluding hydrogens is 412 g/mol. The number of rotatable bonds is 6. The molecule has 0 bridgehead atoms. The third kappa shape index (κ3) is 3.81. The maximum absolute atomic E-state index is 12.8. The van der Waals surface area contributed by atoms with Crippen LogP contribution in [0.25, 0.3) is 0 Å². The molecule has 4 rings (SSSR count). The van der Waals surface area contributed by atoms with E-state index in [9.17, 15) is 19.2 Å². The quantitative estimate of drug-likeness (QED) is 0.365. The minimum atomic E-state index is -0.729. The zero-order valence-electron chi connectivity index (χ0n) is 17.0. The van der Waals surface area contributed by atoms with E-state index in [1.165, 1.54) is 31.4 Å². The molecule has 2 N–H and O–H groups in total. The fourth-order valence-electron chi connectivity index (χ4n) is 3.45. The maximum Gasteiger partial charge on any atom is 0.347 e. The second-order valence-electron chi connectivity index (χ2n) is 7.06. The summed E-state index contributed by atoms with van der Waals surface area (Å²) in [5.41, 5.74) is 6.80. The third-order valence-corrected chi connectivity index (χ3v) is 5.03. The number of hydrogen-bond acceptors (Lipinski definition) is 6. The van der Waals surface area contributed by atoms with Crippen molar-refractivity contribution in [3.05, 3.63) is 94.5 Å². The van der Waals surface area contributed by atoms with Crippen LogP contribution in [0.2, 0.25) is 0 Å². The van der Waals surface area contributed by atoms with Gasteiger partial charge >= 0.3 is 5.97 Å². The van der Waals surface area contributed by atoms with Crippen LogP contribution in [-0.4, -0.2) is 35.7 Å². The fourth-order valence-corrected chi connectivity index (χ4v) is 3.45. The molecule has 8 heteroatoms. The molecule has 3 amide bonds. The molecule has 0 spiro atoms. The molecule has 0 saturated carbocycles. The van der Waals surface area contributed by atoms with Crippen molar-refractivity contribution in [3.63, 3.8) is 0 Å². The number of ether oxygens (including phenoxy) is 2. The van der Waals surface area contributed by atoms with Gasteiger partial charge < -0.3 is 15.2 Å². The van der Waals surface area contributed by atoms with Crippen LogP contribution in [0.15, 0.2) is 66.7 Å². The summed E-state index contributed by atoms with van der Waals surface area (Å²) in [4.78, 5) is 50.5. The number of esters is 1. The Hall–Kier alpha value is -4.46. The molecule has 1 heterocycles. The van der Waals surface area contributed by atoms with E-state index in [1.807, 2.05) is 0 Å². The Labute approximate surface area is 183 Å². The van der Waals surface area contributed by atoms with Crippen molar-refractivity contribution in [1.29, 1.82) is 0 Å². The third-order valence-electron chi connectivity index (χ3n) is 5.03. The van der Waals surface area contributed by atoms with Crippen molar-refractivity contribution in [3.8, 4) is 11.5 Å². The van der Waals surface area contributed by atoms with Gasteiger partial charge in [-0.1, -0.05) is 24.3 Å². The molecule has 0 aromatic heterocycles. The number of hydrogen-bond donors (Lipinski definition) is 1. The summed E-state index contributed by atoms with van der Waals surface area (Å²) in [5, 5.41) is 0. The average Bonchev–Trinajstić information content (AvgIpc) is 3.04. The molecule has 3 aromatic carbocycles. The summed E-state index contributed by atoms with van der Waals surface area (Å²) in [7, 11) is 1.41. The Bertz CT molecular complexity index is 1230. The highest BCUT2D eigenvalue weighted by molar-refractivity contribution is 6.21. The van der Waals surface area contributed by atoms with Crippen LogP contribution in [0, 0.1) is 0 Å². The SMILES string of the molecule is COc1ccc(CN2C(=O)c3ccccc3C2=O)cc1C(=O)Oc1cccc(C(N)=O)c1. The highest BCUT2D eigenvalue weighted by atomic mass is 16.5. The molecule has 1 aliphatic heterocycles. The Morgan fingerprint density at radius 3 is 2.22 bits per heavy atom. The van der Waals surface area contributed by atoms with Crippen LogP contribution in [-0.2, 0) is 6.54 Å². The number of imide groups is 1. The van der Waals surface area contributed by atoms with Gasteiger partial charge in [0.25, 0.3) is 11.8 Å². The molecule has 0 aliphatic carbocycles. The summed E-state index contributed by atoms with van der Waals surface area (Å²) in [6, 6.07) is 17.2. The Morgan fingerprint density at radius 2 is 1.59 bits per heavy atom. The van der Waals surface area contributed by atoms with Crippen molar-refractivity contribution < 1.29 is 28.7 Å². The number of nitrogens with two attached hydrogens (primary N) is 1. The maximum atomic E-state index is 12.8. The van der Waals surface area contributed by atoms with Crippen LogP contribution < -0.4 is 15.2 Å². The van der Waals surface area contributed by atoms with E-state index in [-0.39, 0.29) is 29.2 Å². The van der Waals surface area contributed by atoms with E-state index in [2.05, 4.69) is 0 Å². The van der Waals surface area contributed by atoms with Crippen LogP contribution in [0.4, 0.5) is 0 Å². The molecule has 32 heavy (non-hydrogen) atoms. The number of primary amides is 1. The first-order chi connectivity index (χ1) is 15.4. The molecule has 0 unspecified atom stereocenters. The first-order valence-corrected chi connectivity index (χ1v) is 9.63. The van der Waals surface area contributed by atoms with Crippen LogP contribution in [0.5, 0.6) is 11.5 Å². The Morgan fingerprint density at radius 1 is 0.906 bits per heavy atom.